The van der Waals surface area contributed by atoms with E-state index >= 15 is 0 Å². The summed E-state index contributed by atoms with van der Waals surface area (Å²) in [5.74, 6) is 1.94. The maximum Gasteiger partial charge on any atom is 0.119 e. The van der Waals surface area contributed by atoms with Gasteiger partial charge in [0.05, 0.1) is 7.11 Å². The lowest BCUT2D eigenvalue weighted by Crippen LogP contribution is -2.42. The zero-order valence-electron chi connectivity index (χ0n) is 12.8. The summed E-state index contributed by atoms with van der Waals surface area (Å²) in [6, 6.07) is 6.28. The first-order chi connectivity index (χ1) is 10.2. The van der Waals surface area contributed by atoms with Crippen molar-refractivity contribution in [2.75, 3.05) is 7.11 Å². The molecule has 4 nitrogen and oxygen atoms in total. The second-order valence-corrected chi connectivity index (χ2v) is 5.84. The molecule has 2 N–H and O–H groups in total. The van der Waals surface area contributed by atoms with Crippen molar-refractivity contribution in [3.05, 3.63) is 47.5 Å². The van der Waals surface area contributed by atoms with Gasteiger partial charge in [0, 0.05) is 30.9 Å². The first kappa shape index (κ1) is 14.1. The van der Waals surface area contributed by atoms with Gasteiger partial charge in [0.2, 0.25) is 0 Å². The highest BCUT2D eigenvalue weighted by atomic mass is 16.5. The number of imidazole rings is 1. The van der Waals surface area contributed by atoms with Crippen molar-refractivity contribution >= 4 is 0 Å². The number of benzene rings is 1. The molecule has 1 aromatic carbocycles. The topological polar surface area (TPSA) is 53.1 Å². The number of aromatic nitrogens is 2. The molecular weight excluding hydrogens is 262 g/mol. The molecule has 1 aliphatic carbocycles. The summed E-state index contributed by atoms with van der Waals surface area (Å²) >= 11 is 0. The Morgan fingerprint density at radius 2 is 2.29 bits per heavy atom. The molecular formula is C17H23N3O. The van der Waals surface area contributed by atoms with E-state index < -0.39 is 0 Å². The van der Waals surface area contributed by atoms with E-state index in [1.165, 1.54) is 11.1 Å². The Bertz CT molecular complexity index is 635. The van der Waals surface area contributed by atoms with Crippen LogP contribution in [0.5, 0.6) is 5.75 Å². The third kappa shape index (κ3) is 2.56. The number of ether oxygens (including phenoxy) is 1. The van der Waals surface area contributed by atoms with Crippen molar-refractivity contribution in [2.45, 2.75) is 44.7 Å². The first-order valence-electron chi connectivity index (χ1n) is 7.62. The summed E-state index contributed by atoms with van der Waals surface area (Å²) < 4.78 is 7.55. The van der Waals surface area contributed by atoms with Crippen LogP contribution >= 0.6 is 0 Å². The van der Waals surface area contributed by atoms with Crippen LogP contribution in [0.15, 0.2) is 30.6 Å². The summed E-state index contributed by atoms with van der Waals surface area (Å²) in [5, 5.41) is 0. The molecule has 21 heavy (non-hydrogen) atoms. The van der Waals surface area contributed by atoms with Gasteiger partial charge in [0.1, 0.15) is 11.6 Å². The van der Waals surface area contributed by atoms with Gasteiger partial charge in [0.15, 0.2) is 0 Å². The van der Waals surface area contributed by atoms with Gasteiger partial charge < -0.3 is 15.0 Å². The Labute approximate surface area is 125 Å². The van der Waals surface area contributed by atoms with E-state index in [0.29, 0.717) is 0 Å². The lowest BCUT2D eigenvalue weighted by molar-refractivity contribution is 0.352. The van der Waals surface area contributed by atoms with Crippen LogP contribution in [0.25, 0.3) is 0 Å². The molecule has 2 aromatic rings. The van der Waals surface area contributed by atoms with Crippen LogP contribution in [0.2, 0.25) is 0 Å². The molecule has 1 heterocycles. The minimum absolute atomic E-state index is 0.347. The van der Waals surface area contributed by atoms with Crippen molar-refractivity contribution < 1.29 is 4.74 Å². The number of fused-ring (bicyclic) bond motifs is 1. The lowest BCUT2D eigenvalue weighted by Gasteiger charge is -2.36. The van der Waals surface area contributed by atoms with E-state index in [1.54, 1.807) is 7.11 Å². The Hall–Kier alpha value is -1.81. The summed E-state index contributed by atoms with van der Waals surface area (Å²) in [4.78, 5) is 4.49. The maximum absolute atomic E-state index is 6.80. The van der Waals surface area contributed by atoms with Gasteiger partial charge in [0.25, 0.3) is 0 Å². The molecule has 1 aliphatic rings. The fourth-order valence-corrected chi connectivity index (χ4v) is 3.35. The maximum atomic E-state index is 6.80. The SMILES string of the molecule is CCn1ccnc1CC1(N)CCCc2ccc(OC)cc21. The molecule has 3 rings (SSSR count). The van der Waals surface area contributed by atoms with Gasteiger partial charge in [-0.3, -0.25) is 0 Å². The normalized spacial score (nSPS) is 21.1. The fraction of sp³-hybridized carbons (Fsp3) is 0.471. The quantitative estimate of drug-likeness (QED) is 0.939. The van der Waals surface area contributed by atoms with Crippen LogP contribution in [0.3, 0.4) is 0 Å². The van der Waals surface area contributed by atoms with Gasteiger partial charge >= 0.3 is 0 Å². The van der Waals surface area contributed by atoms with E-state index in [-0.39, 0.29) is 5.54 Å². The molecule has 4 heteroatoms. The van der Waals surface area contributed by atoms with E-state index in [9.17, 15) is 0 Å². The summed E-state index contributed by atoms with van der Waals surface area (Å²) in [6.07, 6.45) is 7.87. The predicted octanol–water partition coefficient (Wildman–Crippen LogP) is 2.64. The molecule has 0 bridgehead atoms. The summed E-state index contributed by atoms with van der Waals surface area (Å²) in [6.45, 7) is 3.06. The van der Waals surface area contributed by atoms with E-state index in [0.717, 1.165) is 43.8 Å². The summed E-state index contributed by atoms with van der Waals surface area (Å²) in [5.41, 5.74) is 9.02. The Balaban J connectivity index is 1.99. The fourth-order valence-electron chi connectivity index (χ4n) is 3.35. The zero-order chi connectivity index (χ0) is 14.9. The number of hydrogen-bond acceptors (Lipinski definition) is 3. The van der Waals surface area contributed by atoms with Crippen LogP contribution in [-0.2, 0) is 24.9 Å². The van der Waals surface area contributed by atoms with Gasteiger partial charge in [-0.05, 0) is 49.4 Å². The van der Waals surface area contributed by atoms with Crippen molar-refractivity contribution in [1.29, 1.82) is 0 Å². The molecule has 0 saturated heterocycles. The van der Waals surface area contributed by atoms with Crippen molar-refractivity contribution in [3.8, 4) is 5.75 Å². The molecule has 1 aromatic heterocycles. The minimum atomic E-state index is -0.347. The van der Waals surface area contributed by atoms with Crippen molar-refractivity contribution in [1.82, 2.24) is 9.55 Å². The Morgan fingerprint density at radius 1 is 1.43 bits per heavy atom. The molecule has 1 unspecified atom stereocenters. The monoisotopic (exact) mass is 285 g/mol. The Kier molecular flexibility index (Phi) is 3.72. The highest BCUT2D eigenvalue weighted by Gasteiger charge is 2.34. The van der Waals surface area contributed by atoms with Gasteiger partial charge in [-0.1, -0.05) is 6.07 Å². The smallest absolute Gasteiger partial charge is 0.119 e. The van der Waals surface area contributed by atoms with Gasteiger partial charge in [-0.2, -0.15) is 0 Å². The number of nitrogens with two attached hydrogens (primary N) is 1. The van der Waals surface area contributed by atoms with Crippen molar-refractivity contribution in [3.63, 3.8) is 0 Å². The largest absolute Gasteiger partial charge is 0.497 e. The zero-order valence-corrected chi connectivity index (χ0v) is 12.8. The number of rotatable bonds is 4. The predicted molar refractivity (Wildman–Crippen MR) is 83.4 cm³/mol. The van der Waals surface area contributed by atoms with Crippen LogP contribution in [-0.4, -0.2) is 16.7 Å². The third-order valence-electron chi connectivity index (χ3n) is 4.54. The second-order valence-electron chi connectivity index (χ2n) is 5.84. The van der Waals surface area contributed by atoms with Crippen molar-refractivity contribution in [2.24, 2.45) is 5.73 Å². The number of aryl methyl sites for hydroxylation is 2. The number of nitrogens with zero attached hydrogens (tertiary/aromatic N) is 2. The minimum Gasteiger partial charge on any atom is -0.497 e. The third-order valence-corrected chi connectivity index (χ3v) is 4.54. The van der Waals surface area contributed by atoms with Gasteiger partial charge in [-0.15, -0.1) is 0 Å². The summed E-state index contributed by atoms with van der Waals surface area (Å²) in [7, 11) is 1.70. The molecule has 112 valence electrons. The van der Waals surface area contributed by atoms with Crippen LogP contribution < -0.4 is 10.5 Å². The van der Waals surface area contributed by atoms with Crippen LogP contribution in [0, 0.1) is 0 Å². The lowest BCUT2D eigenvalue weighted by atomic mass is 9.75. The Morgan fingerprint density at radius 3 is 3.05 bits per heavy atom. The van der Waals surface area contributed by atoms with E-state index in [1.807, 2.05) is 18.5 Å². The molecule has 1 atom stereocenters. The molecule has 0 saturated carbocycles. The molecule has 0 spiro atoms. The number of methoxy groups -OCH3 is 1. The second kappa shape index (κ2) is 5.53. The number of hydrogen-bond donors (Lipinski definition) is 1. The molecule has 0 aliphatic heterocycles. The van der Waals surface area contributed by atoms with E-state index in [4.69, 9.17) is 10.5 Å². The first-order valence-corrected chi connectivity index (χ1v) is 7.62. The highest BCUT2D eigenvalue weighted by Crippen LogP contribution is 2.37. The van der Waals surface area contributed by atoms with Crippen LogP contribution in [0.1, 0.15) is 36.7 Å². The molecule has 0 amide bonds. The highest BCUT2D eigenvalue weighted by molar-refractivity contribution is 5.42. The van der Waals surface area contributed by atoms with E-state index in [2.05, 4.69) is 28.6 Å². The van der Waals surface area contributed by atoms with Crippen LogP contribution in [0.4, 0.5) is 0 Å². The van der Waals surface area contributed by atoms with Gasteiger partial charge in [-0.25, -0.2) is 4.98 Å². The molecule has 0 fully saturated rings. The molecule has 0 radical (unpaired) electrons. The standard InChI is InChI=1S/C17H23N3O/c1-3-20-10-9-19-16(20)12-17(18)8-4-5-13-6-7-14(21-2)11-15(13)17/h6-7,9-11H,3-5,8,12,18H2,1-2H3. The average molecular weight is 285 g/mol. The average Bonchev–Trinajstić information content (AvgIpc) is 2.94.